The Kier molecular flexibility index (Phi) is 19.0. The Labute approximate surface area is 413 Å². The fourth-order valence-electron chi connectivity index (χ4n) is 12.7. The van der Waals surface area contributed by atoms with Crippen LogP contribution in [0.25, 0.3) is 0 Å². The van der Waals surface area contributed by atoms with Crippen molar-refractivity contribution < 1.29 is 39.1 Å². The van der Waals surface area contributed by atoms with Crippen LogP contribution in [-0.2, 0) is 26.2 Å². The lowest BCUT2D eigenvalue weighted by Crippen LogP contribution is -2.43. The predicted octanol–water partition coefficient (Wildman–Crippen LogP) is 10.6. The lowest BCUT2D eigenvalue weighted by molar-refractivity contribution is -0.152. The number of rotatable bonds is 17. The molecular weight excluding hydrogens is 897 g/mol. The van der Waals surface area contributed by atoms with E-state index < -0.39 is 22.7 Å². The Morgan fingerprint density at radius 3 is 2.53 bits per heavy atom. The number of ketones is 1. The SMILES string of the molecule is CC[C@@H](CC=O)CC[C@@H]1/C=C/C(=O)[C@@]2(Cc3ccc(O)c(OC)c3)CCC[C@H]2CSSCNC(=NC)Nc2cc(cc(O[C@]3(CNC)CC[C@H](C[C@H](O)OC4CCCCC4)C3)c2O)C12CCCC2. The van der Waals surface area contributed by atoms with Crippen molar-refractivity contribution in [1.82, 2.24) is 10.6 Å². The first-order valence-electron chi connectivity index (χ1n) is 25.8. The highest BCUT2D eigenvalue weighted by molar-refractivity contribution is 8.76. The number of anilines is 1. The van der Waals surface area contributed by atoms with Crippen LogP contribution >= 0.6 is 21.6 Å². The number of nitrogens with one attached hydrogen (secondary N) is 3. The normalized spacial score (nSPS) is 28.9. The van der Waals surface area contributed by atoms with Crippen molar-refractivity contribution >= 4 is 45.3 Å². The van der Waals surface area contributed by atoms with Crippen LogP contribution < -0.4 is 25.4 Å². The Hall–Kier alpha value is -3.43. The van der Waals surface area contributed by atoms with Crippen molar-refractivity contribution in [2.75, 3.05) is 44.7 Å². The Morgan fingerprint density at radius 1 is 0.985 bits per heavy atom. The summed E-state index contributed by atoms with van der Waals surface area (Å²) < 4.78 is 18.9. The number of aliphatic imine (C=N–C) groups is 1. The molecule has 376 valence electrons. The van der Waals surface area contributed by atoms with Crippen LogP contribution in [0.1, 0.15) is 146 Å². The van der Waals surface area contributed by atoms with E-state index in [4.69, 9.17) is 14.2 Å². The van der Waals surface area contributed by atoms with Gasteiger partial charge in [0, 0.05) is 43.0 Å². The van der Waals surface area contributed by atoms with Crippen LogP contribution in [0.15, 0.2) is 47.5 Å². The number of aliphatic hydroxyl groups excluding tert-OH is 1. The summed E-state index contributed by atoms with van der Waals surface area (Å²) in [4.78, 5) is 31.8. The second-order valence-electron chi connectivity index (χ2n) is 20.7. The number of likely N-dealkylation sites (N-methyl/N-ethyl adjacent to an activating group) is 1. The van der Waals surface area contributed by atoms with Crippen LogP contribution in [0.2, 0.25) is 0 Å². The number of benzene rings is 2. The van der Waals surface area contributed by atoms with Crippen molar-refractivity contribution in [2.24, 2.45) is 34.1 Å². The number of aliphatic hydroxyl groups is 1. The maximum absolute atomic E-state index is 15.3. The maximum Gasteiger partial charge on any atom is 0.196 e. The molecule has 4 aliphatic carbocycles. The van der Waals surface area contributed by atoms with Gasteiger partial charge in [0.05, 0.1) is 24.8 Å². The Bertz CT molecular complexity index is 2040. The number of guanidine groups is 1. The predicted molar refractivity (Wildman–Crippen MR) is 276 cm³/mol. The summed E-state index contributed by atoms with van der Waals surface area (Å²) in [5.74, 6) is 3.46. The largest absolute Gasteiger partial charge is 0.504 e. The zero-order valence-electron chi connectivity index (χ0n) is 41.2. The third-order valence-corrected chi connectivity index (χ3v) is 18.7. The van der Waals surface area contributed by atoms with Gasteiger partial charge in [0.15, 0.2) is 41.0 Å². The minimum absolute atomic E-state index is 0.0179. The fraction of sp³-hybridized carbons (Fsp3) is 0.685. The third kappa shape index (κ3) is 12.5. The van der Waals surface area contributed by atoms with E-state index >= 15 is 4.79 Å². The van der Waals surface area contributed by atoms with Crippen molar-refractivity contribution in [3.05, 3.63) is 53.6 Å². The molecular formula is C54H80N4O8S2. The van der Waals surface area contributed by atoms with Gasteiger partial charge < -0.3 is 50.3 Å². The first-order chi connectivity index (χ1) is 33.0. The Morgan fingerprint density at radius 2 is 1.79 bits per heavy atom. The number of fused-ring (bicyclic) bond motifs is 4. The highest BCUT2D eigenvalue weighted by Gasteiger charge is 2.49. The molecule has 14 heteroatoms. The first kappa shape index (κ1) is 52.4. The van der Waals surface area contributed by atoms with Crippen LogP contribution in [-0.4, -0.2) is 90.7 Å². The quantitative estimate of drug-likeness (QED) is 0.0383. The molecule has 0 aromatic heterocycles. The second kappa shape index (κ2) is 24.6. The van der Waals surface area contributed by atoms with Gasteiger partial charge >= 0.3 is 0 Å². The number of hydrogen-bond acceptors (Lipinski definition) is 12. The number of allylic oxidation sites excluding steroid dienone is 2. The van der Waals surface area contributed by atoms with Crippen LogP contribution in [0.4, 0.5) is 5.69 Å². The van der Waals surface area contributed by atoms with Gasteiger partial charge in [0.25, 0.3) is 0 Å². The van der Waals surface area contributed by atoms with Gasteiger partial charge in [-0.05, 0) is 149 Å². The zero-order chi connectivity index (χ0) is 48.2. The Balaban J connectivity index is 1.29. The number of aromatic hydroxyl groups is 2. The molecule has 7 rings (SSSR count). The van der Waals surface area contributed by atoms with Crippen molar-refractivity contribution in [1.29, 1.82) is 0 Å². The summed E-state index contributed by atoms with van der Waals surface area (Å²) in [7, 11) is 8.67. The van der Waals surface area contributed by atoms with E-state index in [1.807, 2.05) is 25.3 Å². The summed E-state index contributed by atoms with van der Waals surface area (Å²) >= 11 is 0. The van der Waals surface area contributed by atoms with Crippen LogP contribution in [0.3, 0.4) is 0 Å². The molecule has 1 aliphatic heterocycles. The van der Waals surface area contributed by atoms with E-state index in [-0.39, 0.29) is 47.1 Å². The molecule has 6 N–H and O–H groups in total. The summed E-state index contributed by atoms with van der Waals surface area (Å²) in [6.07, 6.45) is 23.0. The van der Waals surface area contributed by atoms with Gasteiger partial charge in [0.2, 0.25) is 0 Å². The van der Waals surface area contributed by atoms with E-state index in [2.05, 4.69) is 46.1 Å². The van der Waals surface area contributed by atoms with Crippen LogP contribution in [0.5, 0.6) is 23.0 Å². The highest BCUT2D eigenvalue weighted by atomic mass is 33.1. The van der Waals surface area contributed by atoms with Gasteiger partial charge in [-0.25, -0.2) is 0 Å². The van der Waals surface area contributed by atoms with E-state index in [9.17, 15) is 20.1 Å². The monoisotopic (exact) mass is 977 g/mol. The number of aldehydes is 1. The van der Waals surface area contributed by atoms with Gasteiger partial charge in [0.1, 0.15) is 11.9 Å². The van der Waals surface area contributed by atoms with Crippen molar-refractivity contribution in [3.63, 3.8) is 0 Å². The first-order valence-corrected chi connectivity index (χ1v) is 28.3. The van der Waals surface area contributed by atoms with E-state index in [0.29, 0.717) is 61.3 Å². The van der Waals surface area contributed by atoms with E-state index in [1.54, 1.807) is 41.8 Å². The molecule has 1 heterocycles. The standard InChI is InChI=1S/C54H80N4O8S2/c1-5-37(22-27-59)15-17-40-18-20-48(61)54(33-38-16-19-45(60)46(28-38)64-4)25-11-12-41(54)34-67-68-36-57-51(56-3)58-44-30-42(53(40)23-9-10-24-53)31-47(50(44)63)66-52(35-55-2)26-21-39(32-52)29-49(62)65-43-13-7-6-8-14-43/h16,18-20,27-28,30-31,37,39-41,43,49,55,60,62-63H,5-15,17,21-26,29,32-36H2,1-4H3,(H2,56,57,58)/b20-18+/t37-,39-,40-,41+,49-,52-,54-/m1/s1. The number of hydrogen-bond donors (Lipinski definition) is 6. The maximum atomic E-state index is 15.3. The van der Waals surface area contributed by atoms with Gasteiger partial charge in [-0.3, -0.25) is 9.79 Å². The molecule has 1 spiro atoms. The second-order valence-corrected chi connectivity index (χ2v) is 23.2. The average Bonchev–Trinajstić information content (AvgIpc) is 4.10. The molecule has 2 bridgehead atoms. The molecule has 4 saturated carbocycles. The molecule has 0 saturated heterocycles. The number of phenols is 2. The molecule has 2 aromatic carbocycles. The lowest BCUT2D eigenvalue weighted by atomic mass is 9.65. The number of carbonyl (C=O) groups is 2. The number of phenolic OH excluding ortho intramolecular Hbond substituents is 2. The minimum Gasteiger partial charge on any atom is -0.504 e. The summed E-state index contributed by atoms with van der Waals surface area (Å²) in [5.41, 5.74) is 0.869. The molecule has 7 atom stereocenters. The van der Waals surface area contributed by atoms with Crippen LogP contribution in [0, 0.1) is 29.1 Å². The van der Waals surface area contributed by atoms with E-state index in [1.165, 1.54) is 6.42 Å². The molecule has 68 heavy (non-hydrogen) atoms. The van der Waals surface area contributed by atoms with E-state index in [0.717, 1.165) is 126 Å². The number of methoxy groups -OCH3 is 1. The minimum atomic E-state index is -0.815. The summed E-state index contributed by atoms with van der Waals surface area (Å²) in [5, 5.41) is 44.3. The van der Waals surface area contributed by atoms with Crippen molar-refractivity contribution in [3.8, 4) is 23.0 Å². The van der Waals surface area contributed by atoms with Gasteiger partial charge in [-0.2, -0.15) is 0 Å². The fourth-order valence-corrected chi connectivity index (χ4v) is 15.0. The number of nitrogens with zero attached hydrogens (tertiary/aromatic N) is 1. The molecule has 4 fully saturated rings. The molecule has 0 radical (unpaired) electrons. The number of ether oxygens (including phenoxy) is 3. The molecule has 2 aromatic rings. The smallest absolute Gasteiger partial charge is 0.196 e. The summed E-state index contributed by atoms with van der Waals surface area (Å²) in [6.45, 7) is 2.72. The third-order valence-electron chi connectivity index (χ3n) is 16.5. The summed E-state index contributed by atoms with van der Waals surface area (Å²) in [6, 6.07) is 9.63. The zero-order valence-corrected chi connectivity index (χ0v) is 42.8. The lowest BCUT2D eigenvalue weighted by Gasteiger charge is -2.39. The van der Waals surface area contributed by atoms with Gasteiger partial charge in [-0.1, -0.05) is 85.6 Å². The van der Waals surface area contributed by atoms with Crippen molar-refractivity contribution in [2.45, 2.75) is 165 Å². The number of carbonyl (C=O) groups excluding carboxylic acids is 2. The van der Waals surface area contributed by atoms with Gasteiger partial charge in [-0.15, -0.1) is 0 Å². The average molecular weight is 977 g/mol. The molecule has 0 unspecified atom stereocenters. The highest BCUT2D eigenvalue weighted by Crippen LogP contribution is 2.55. The molecule has 12 nitrogen and oxygen atoms in total. The molecule has 5 aliphatic rings. The topological polar surface area (TPSA) is 171 Å². The molecule has 0 amide bonds.